The molecule has 0 aliphatic carbocycles. The summed E-state index contributed by atoms with van der Waals surface area (Å²) in [7, 11) is 0. The number of aryl methyl sites for hydroxylation is 2. The van der Waals surface area contributed by atoms with Gasteiger partial charge >= 0.3 is 5.97 Å². The standard InChI is InChI=1S/C19H30O3/c1-4-5-6-7-8-9-10-11-12-22-18-15(2)13-17(19(20)21)14-16(18)3/h13-14H,4-12H2,1-3H3,(H,20,21). The predicted molar refractivity (Wildman–Crippen MR) is 91.0 cm³/mol. The molecule has 1 rings (SSSR count). The topological polar surface area (TPSA) is 46.5 Å². The highest BCUT2D eigenvalue weighted by Crippen LogP contribution is 2.25. The minimum Gasteiger partial charge on any atom is -0.493 e. The summed E-state index contributed by atoms with van der Waals surface area (Å²) < 4.78 is 5.85. The van der Waals surface area contributed by atoms with E-state index in [0.717, 1.165) is 23.3 Å². The SMILES string of the molecule is CCCCCCCCCCOc1c(C)cc(C(=O)O)cc1C. The predicted octanol–water partition coefficient (Wildman–Crippen LogP) is 5.52. The Balaban J connectivity index is 2.26. The van der Waals surface area contributed by atoms with Crippen LogP contribution in [0.4, 0.5) is 0 Å². The number of rotatable bonds is 11. The first-order chi connectivity index (χ1) is 10.6. The molecule has 1 aromatic rings. The maximum atomic E-state index is 11.0. The minimum atomic E-state index is -0.888. The Bertz CT molecular complexity index is 443. The highest BCUT2D eigenvalue weighted by Gasteiger charge is 2.10. The van der Waals surface area contributed by atoms with Gasteiger partial charge in [0.25, 0.3) is 0 Å². The third kappa shape index (κ3) is 6.50. The van der Waals surface area contributed by atoms with Crippen LogP contribution in [0.15, 0.2) is 12.1 Å². The molecule has 22 heavy (non-hydrogen) atoms. The van der Waals surface area contributed by atoms with Gasteiger partial charge in [-0.15, -0.1) is 0 Å². The van der Waals surface area contributed by atoms with E-state index in [1.165, 1.54) is 44.9 Å². The molecule has 0 saturated carbocycles. The highest BCUT2D eigenvalue weighted by atomic mass is 16.5. The molecule has 3 nitrogen and oxygen atoms in total. The van der Waals surface area contributed by atoms with Crippen LogP contribution in [0.1, 0.15) is 79.8 Å². The van der Waals surface area contributed by atoms with Gasteiger partial charge in [0, 0.05) is 0 Å². The number of aromatic carboxylic acids is 1. The number of hydrogen-bond donors (Lipinski definition) is 1. The molecule has 0 aliphatic rings. The summed E-state index contributed by atoms with van der Waals surface area (Å²) in [6, 6.07) is 3.36. The van der Waals surface area contributed by atoms with Crippen molar-refractivity contribution in [3.8, 4) is 5.75 Å². The van der Waals surface area contributed by atoms with Gasteiger partial charge in [-0.05, 0) is 43.5 Å². The van der Waals surface area contributed by atoms with E-state index in [0.29, 0.717) is 12.2 Å². The normalized spacial score (nSPS) is 10.7. The van der Waals surface area contributed by atoms with Gasteiger partial charge in [0.1, 0.15) is 5.75 Å². The molecular weight excluding hydrogens is 276 g/mol. The molecule has 0 heterocycles. The van der Waals surface area contributed by atoms with Gasteiger partial charge in [0.05, 0.1) is 12.2 Å². The van der Waals surface area contributed by atoms with Crippen molar-refractivity contribution < 1.29 is 14.6 Å². The number of carboxylic acids is 1. The molecule has 0 fully saturated rings. The van der Waals surface area contributed by atoms with E-state index in [2.05, 4.69) is 6.92 Å². The lowest BCUT2D eigenvalue weighted by Gasteiger charge is -2.13. The lowest BCUT2D eigenvalue weighted by atomic mass is 10.1. The smallest absolute Gasteiger partial charge is 0.335 e. The molecule has 0 aromatic heterocycles. The average molecular weight is 306 g/mol. The molecule has 124 valence electrons. The van der Waals surface area contributed by atoms with Gasteiger partial charge in [-0.2, -0.15) is 0 Å². The van der Waals surface area contributed by atoms with Gasteiger partial charge in [0.2, 0.25) is 0 Å². The van der Waals surface area contributed by atoms with Crippen molar-refractivity contribution in [2.45, 2.75) is 72.1 Å². The Kier molecular flexibility index (Phi) is 8.64. The van der Waals surface area contributed by atoms with Crippen LogP contribution in [0, 0.1) is 13.8 Å². The summed E-state index contributed by atoms with van der Waals surface area (Å²) in [5.41, 5.74) is 2.13. The van der Waals surface area contributed by atoms with E-state index < -0.39 is 5.97 Å². The molecule has 0 atom stereocenters. The third-order valence-electron chi connectivity index (χ3n) is 3.95. The number of carbonyl (C=O) groups is 1. The summed E-state index contributed by atoms with van der Waals surface area (Å²) in [4.78, 5) is 11.0. The van der Waals surface area contributed by atoms with Crippen LogP contribution in [0.3, 0.4) is 0 Å². The molecule has 0 amide bonds. The quantitative estimate of drug-likeness (QED) is 0.547. The fourth-order valence-corrected chi connectivity index (χ4v) is 2.71. The van der Waals surface area contributed by atoms with Gasteiger partial charge in [-0.3, -0.25) is 0 Å². The Hall–Kier alpha value is -1.51. The molecular formula is C19H30O3. The van der Waals surface area contributed by atoms with Crippen LogP contribution in [-0.2, 0) is 0 Å². The largest absolute Gasteiger partial charge is 0.493 e. The number of unbranched alkanes of at least 4 members (excludes halogenated alkanes) is 7. The zero-order chi connectivity index (χ0) is 16.4. The van der Waals surface area contributed by atoms with E-state index in [9.17, 15) is 4.79 Å². The van der Waals surface area contributed by atoms with Gasteiger partial charge in [0.15, 0.2) is 0 Å². The van der Waals surface area contributed by atoms with Crippen LogP contribution >= 0.6 is 0 Å². The number of ether oxygens (including phenoxy) is 1. The van der Waals surface area contributed by atoms with Crippen molar-refractivity contribution in [1.29, 1.82) is 0 Å². The molecule has 0 spiro atoms. The van der Waals surface area contributed by atoms with Crippen LogP contribution in [0.25, 0.3) is 0 Å². The van der Waals surface area contributed by atoms with Crippen molar-refractivity contribution in [3.63, 3.8) is 0 Å². The zero-order valence-corrected chi connectivity index (χ0v) is 14.3. The molecule has 1 N–H and O–H groups in total. The summed E-state index contributed by atoms with van der Waals surface area (Å²) in [6.45, 7) is 6.76. The van der Waals surface area contributed by atoms with E-state index in [-0.39, 0.29) is 0 Å². The van der Waals surface area contributed by atoms with Gasteiger partial charge < -0.3 is 9.84 Å². The van der Waals surface area contributed by atoms with Crippen molar-refractivity contribution in [3.05, 3.63) is 28.8 Å². The van der Waals surface area contributed by atoms with E-state index in [4.69, 9.17) is 9.84 Å². The van der Waals surface area contributed by atoms with Crippen LogP contribution in [0.2, 0.25) is 0 Å². The first-order valence-electron chi connectivity index (χ1n) is 8.53. The van der Waals surface area contributed by atoms with Gasteiger partial charge in [-0.25, -0.2) is 4.79 Å². The molecule has 0 bridgehead atoms. The molecule has 0 aliphatic heterocycles. The second-order valence-corrected chi connectivity index (χ2v) is 6.07. The zero-order valence-electron chi connectivity index (χ0n) is 14.3. The second-order valence-electron chi connectivity index (χ2n) is 6.07. The fraction of sp³-hybridized carbons (Fsp3) is 0.632. The Morgan fingerprint density at radius 1 is 0.955 bits per heavy atom. The summed E-state index contributed by atoms with van der Waals surface area (Å²) >= 11 is 0. The average Bonchev–Trinajstić information content (AvgIpc) is 2.47. The maximum Gasteiger partial charge on any atom is 0.335 e. The van der Waals surface area contributed by atoms with Crippen LogP contribution < -0.4 is 4.74 Å². The first kappa shape index (κ1) is 18.5. The van der Waals surface area contributed by atoms with Crippen LogP contribution in [0.5, 0.6) is 5.75 Å². The highest BCUT2D eigenvalue weighted by molar-refractivity contribution is 5.88. The van der Waals surface area contributed by atoms with Crippen molar-refractivity contribution in [2.75, 3.05) is 6.61 Å². The minimum absolute atomic E-state index is 0.328. The second kappa shape index (κ2) is 10.3. The molecule has 3 heteroatoms. The molecule has 0 radical (unpaired) electrons. The Morgan fingerprint density at radius 3 is 1.95 bits per heavy atom. The third-order valence-corrected chi connectivity index (χ3v) is 3.95. The van der Waals surface area contributed by atoms with Crippen molar-refractivity contribution >= 4 is 5.97 Å². The van der Waals surface area contributed by atoms with Crippen LogP contribution in [-0.4, -0.2) is 17.7 Å². The van der Waals surface area contributed by atoms with Crippen molar-refractivity contribution in [2.24, 2.45) is 0 Å². The Labute approximate surface area is 134 Å². The van der Waals surface area contributed by atoms with E-state index >= 15 is 0 Å². The molecule has 1 aromatic carbocycles. The van der Waals surface area contributed by atoms with Gasteiger partial charge in [-0.1, -0.05) is 51.9 Å². The molecule has 0 unspecified atom stereocenters. The summed E-state index contributed by atoms with van der Waals surface area (Å²) in [5.74, 6) is -0.0474. The lowest BCUT2D eigenvalue weighted by molar-refractivity contribution is 0.0696. The first-order valence-corrected chi connectivity index (χ1v) is 8.53. The number of hydrogen-bond acceptors (Lipinski definition) is 2. The fourth-order valence-electron chi connectivity index (χ4n) is 2.71. The lowest BCUT2D eigenvalue weighted by Crippen LogP contribution is -2.04. The van der Waals surface area contributed by atoms with Crippen molar-refractivity contribution in [1.82, 2.24) is 0 Å². The summed E-state index contributed by atoms with van der Waals surface area (Å²) in [6.07, 6.45) is 10.2. The molecule has 0 saturated heterocycles. The monoisotopic (exact) mass is 306 g/mol. The van der Waals surface area contributed by atoms with E-state index in [1.54, 1.807) is 12.1 Å². The number of carboxylic acid groups (broad SMARTS) is 1. The summed E-state index contributed by atoms with van der Waals surface area (Å²) in [5, 5.41) is 9.03. The van der Waals surface area contributed by atoms with E-state index in [1.807, 2.05) is 13.8 Å². The number of benzene rings is 1. The maximum absolute atomic E-state index is 11.0. The Morgan fingerprint density at radius 2 is 1.45 bits per heavy atom.